The monoisotopic (exact) mass is 383 g/mol. The number of nitrogens with zero attached hydrogens (tertiary/aromatic N) is 2. The maximum Gasteiger partial charge on any atom is 0.416 e. The van der Waals surface area contributed by atoms with Gasteiger partial charge in [0, 0.05) is 10.9 Å². The second kappa shape index (κ2) is 6.81. The van der Waals surface area contributed by atoms with Crippen molar-refractivity contribution >= 4 is 34.5 Å². The van der Waals surface area contributed by atoms with E-state index in [9.17, 15) is 18.0 Å². The Kier molecular flexibility index (Phi) is 4.73. The summed E-state index contributed by atoms with van der Waals surface area (Å²) in [6.07, 6.45) is -3.05. The number of alkyl halides is 3. The van der Waals surface area contributed by atoms with Crippen LogP contribution in [0, 0.1) is 0 Å². The highest BCUT2D eigenvalue weighted by Crippen LogP contribution is 2.33. The first-order valence-electron chi connectivity index (χ1n) is 6.89. The highest BCUT2D eigenvalue weighted by atomic mass is 35.5. The van der Waals surface area contributed by atoms with Crippen LogP contribution >= 0.6 is 22.9 Å². The topological polar surface area (TPSA) is 54.9 Å². The van der Waals surface area contributed by atoms with E-state index in [1.54, 1.807) is 6.07 Å². The number of carbonyl (C=O) groups excluding carboxylic acids is 1. The number of carbonyl (C=O) groups is 1. The van der Waals surface area contributed by atoms with Crippen LogP contribution in [0.2, 0.25) is 5.15 Å². The lowest BCUT2D eigenvalue weighted by Gasteiger charge is -2.07. The molecular formula is C16H9ClF3N3OS. The highest BCUT2D eigenvalue weighted by molar-refractivity contribution is 7.13. The van der Waals surface area contributed by atoms with E-state index in [2.05, 4.69) is 15.3 Å². The molecule has 0 bridgehead atoms. The van der Waals surface area contributed by atoms with Crippen LogP contribution in [0.3, 0.4) is 0 Å². The van der Waals surface area contributed by atoms with Crippen LogP contribution in [0.25, 0.3) is 10.6 Å². The quantitative estimate of drug-likeness (QED) is 0.638. The molecular weight excluding hydrogens is 375 g/mol. The third kappa shape index (κ3) is 4.15. The molecule has 1 aromatic carbocycles. The minimum absolute atomic E-state index is 0.104. The molecule has 0 aliphatic heterocycles. The van der Waals surface area contributed by atoms with Crippen molar-refractivity contribution in [3.63, 3.8) is 0 Å². The summed E-state index contributed by atoms with van der Waals surface area (Å²) in [5, 5.41) is 4.69. The Labute approximate surface area is 149 Å². The molecule has 9 heteroatoms. The molecule has 3 aromatic rings. The molecule has 0 radical (unpaired) electrons. The van der Waals surface area contributed by atoms with Crippen molar-refractivity contribution < 1.29 is 18.0 Å². The highest BCUT2D eigenvalue weighted by Gasteiger charge is 2.30. The summed E-state index contributed by atoms with van der Waals surface area (Å²) in [5.41, 5.74) is 0.0702. The van der Waals surface area contributed by atoms with Gasteiger partial charge in [0.15, 0.2) is 0 Å². The molecule has 25 heavy (non-hydrogen) atoms. The zero-order valence-electron chi connectivity index (χ0n) is 12.3. The van der Waals surface area contributed by atoms with E-state index in [-0.39, 0.29) is 5.69 Å². The summed E-state index contributed by atoms with van der Waals surface area (Å²) >= 11 is 6.75. The van der Waals surface area contributed by atoms with E-state index in [0.717, 1.165) is 23.5 Å². The normalized spacial score (nSPS) is 11.4. The first kappa shape index (κ1) is 17.4. The Morgan fingerprint density at radius 2 is 2.00 bits per heavy atom. The van der Waals surface area contributed by atoms with Gasteiger partial charge in [-0.2, -0.15) is 13.2 Å². The molecule has 0 saturated heterocycles. The lowest BCUT2D eigenvalue weighted by atomic mass is 10.1. The molecule has 0 atom stereocenters. The summed E-state index contributed by atoms with van der Waals surface area (Å²) in [6, 6.07) is 7.90. The fraction of sp³-hybridized carbons (Fsp3) is 0.0625. The third-order valence-corrected chi connectivity index (χ3v) is 4.27. The third-order valence-electron chi connectivity index (χ3n) is 3.16. The zero-order chi connectivity index (χ0) is 18.0. The van der Waals surface area contributed by atoms with Crippen LogP contribution in [0.4, 0.5) is 18.9 Å². The Morgan fingerprint density at radius 1 is 1.20 bits per heavy atom. The number of thiazole rings is 1. The molecule has 1 amide bonds. The molecule has 0 aliphatic carbocycles. The average Bonchev–Trinajstić information content (AvgIpc) is 3.06. The van der Waals surface area contributed by atoms with Crippen molar-refractivity contribution in [3.8, 4) is 10.6 Å². The fourth-order valence-electron chi connectivity index (χ4n) is 1.98. The van der Waals surface area contributed by atoms with E-state index in [1.807, 2.05) is 0 Å². The maximum atomic E-state index is 12.8. The number of hydrogen-bond donors (Lipinski definition) is 1. The van der Waals surface area contributed by atoms with Gasteiger partial charge >= 0.3 is 6.18 Å². The predicted molar refractivity (Wildman–Crippen MR) is 89.8 cm³/mol. The van der Waals surface area contributed by atoms with Gasteiger partial charge in [0.1, 0.15) is 15.9 Å². The number of halogens is 4. The van der Waals surface area contributed by atoms with Gasteiger partial charge in [-0.25, -0.2) is 9.97 Å². The Hall–Kier alpha value is -2.45. The molecule has 2 aromatic heterocycles. The van der Waals surface area contributed by atoms with Crippen molar-refractivity contribution in [2.24, 2.45) is 0 Å². The molecule has 4 nitrogen and oxygen atoms in total. The first-order valence-corrected chi connectivity index (χ1v) is 8.15. The molecule has 0 spiro atoms. The average molecular weight is 384 g/mol. The largest absolute Gasteiger partial charge is 0.416 e. The van der Waals surface area contributed by atoms with Gasteiger partial charge in [0.05, 0.1) is 17.4 Å². The first-order chi connectivity index (χ1) is 11.8. The number of pyridine rings is 1. The Balaban J connectivity index is 1.80. The van der Waals surface area contributed by atoms with Crippen LogP contribution in [-0.2, 0) is 6.18 Å². The van der Waals surface area contributed by atoms with E-state index in [1.165, 1.54) is 29.8 Å². The van der Waals surface area contributed by atoms with E-state index >= 15 is 0 Å². The van der Waals surface area contributed by atoms with Gasteiger partial charge in [-0.1, -0.05) is 23.7 Å². The van der Waals surface area contributed by atoms with Gasteiger partial charge in [-0.3, -0.25) is 4.79 Å². The molecule has 2 heterocycles. The van der Waals surface area contributed by atoms with Gasteiger partial charge in [-0.05, 0) is 24.3 Å². The van der Waals surface area contributed by atoms with Crippen LogP contribution in [0.15, 0.2) is 48.0 Å². The number of aromatic nitrogens is 2. The lowest BCUT2D eigenvalue weighted by molar-refractivity contribution is -0.137. The maximum absolute atomic E-state index is 12.8. The Morgan fingerprint density at radius 3 is 2.68 bits per heavy atom. The summed E-state index contributed by atoms with van der Waals surface area (Å²) < 4.78 is 38.4. The molecule has 0 saturated carbocycles. The van der Waals surface area contributed by atoms with Crippen molar-refractivity contribution in [1.82, 2.24) is 9.97 Å². The summed E-state index contributed by atoms with van der Waals surface area (Å²) in [7, 11) is 0. The van der Waals surface area contributed by atoms with Gasteiger partial charge in [0.25, 0.3) is 5.91 Å². The number of rotatable bonds is 3. The zero-order valence-corrected chi connectivity index (χ0v) is 13.9. The van der Waals surface area contributed by atoms with Gasteiger partial charge in [-0.15, -0.1) is 11.3 Å². The lowest BCUT2D eigenvalue weighted by Crippen LogP contribution is -2.12. The number of nitrogens with one attached hydrogen (secondary N) is 1. The number of benzene rings is 1. The summed E-state index contributed by atoms with van der Waals surface area (Å²) in [6.45, 7) is 0. The molecule has 1 N–H and O–H groups in total. The van der Waals surface area contributed by atoms with Crippen molar-refractivity contribution in [2.75, 3.05) is 5.32 Å². The molecule has 0 fully saturated rings. The summed E-state index contributed by atoms with van der Waals surface area (Å²) in [5.74, 6) is -0.487. The second-order valence-corrected chi connectivity index (χ2v) is 6.19. The SMILES string of the molecule is O=C(Nc1ccc(Cl)nc1)c1csc(-c2cccc(C(F)(F)F)c2)n1. The standard InChI is InChI=1S/C16H9ClF3N3OS/c17-13-5-4-11(7-21-13)22-14(24)12-8-25-15(23-12)9-2-1-3-10(6-9)16(18,19)20/h1-8H,(H,22,24). The van der Waals surface area contributed by atoms with Crippen LogP contribution in [0.1, 0.15) is 16.1 Å². The van der Waals surface area contributed by atoms with Crippen molar-refractivity contribution in [2.45, 2.75) is 6.18 Å². The van der Waals surface area contributed by atoms with E-state index in [4.69, 9.17) is 11.6 Å². The summed E-state index contributed by atoms with van der Waals surface area (Å²) in [4.78, 5) is 20.1. The number of anilines is 1. The Bertz CT molecular complexity index is 909. The number of amides is 1. The molecule has 0 aliphatic rings. The molecule has 128 valence electrons. The molecule has 0 unspecified atom stereocenters. The predicted octanol–water partition coefficient (Wildman–Crippen LogP) is 5.13. The van der Waals surface area contributed by atoms with Crippen LogP contribution in [0.5, 0.6) is 0 Å². The minimum atomic E-state index is -4.44. The van der Waals surface area contributed by atoms with E-state index < -0.39 is 17.6 Å². The number of hydrogen-bond acceptors (Lipinski definition) is 4. The van der Waals surface area contributed by atoms with Crippen LogP contribution in [-0.4, -0.2) is 15.9 Å². The second-order valence-electron chi connectivity index (χ2n) is 4.94. The minimum Gasteiger partial charge on any atom is -0.319 e. The molecule has 3 rings (SSSR count). The smallest absolute Gasteiger partial charge is 0.319 e. The fourth-order valence-corrected chi connectivity index (χ4v) is 2.89. The van der Waals surface area contributed by atoms with Crippen molar-refractivity contribution in [3.05, 3.63) is 64.4 Å². The van der Waals surface area contributed by atoms with Crippen molar-refractivity contribution in [1.29, 1.82) is 0 Å². The van der Waals surface area contributed by atoms with Gasteiger partial charge in [0.2, 0.25) is 0 Å². The van der Waals surface area contributed by atoms with Crippen LogP contribution < -0.4 is 5.32 Å². The van der Waals surface area contributed by atoms with Gasteiger partial charge < -0.3 is 5.32 Å². The van der Waals surface area contributed by atoms with E-state index in [0.29, 0.717) is 21.4 Å².